The minimum absolute atomic E-state index is 0.169. The van der Waals surface area contributed by atoms with Gasteiger partial charge in [0.15, 0.2) is 0 Å². The normalized spacial score (nSPS) is 12.1. The number of aromatic nitrogens is 1. The van der Waals surface area contributed by atoms with Crippen LogP contribution in [0.3, 0.4) is 0 Å². The van der Waals surface area contributed by atoms with Crippen LogP contribution < -0.4 is 15.8 Å². The standard InChI is InChI=1S/C14H19N3OS/c1-3-7-18-13-9-11(4-5-12(13)15)17-10(2)14-16-6-8-19-14/h4-6,8-10,17H,3,7,15H2,1-2H3. The van der Waals surface area contributed by atoms with Gasteiger partial charge in [0.25, 0.3) is 0 Å². The summed E-state index contributed by atoms with van der Waals surface area (Å²) in [6.07, 6.45) is 2.78. The number of nitrogens with one attached hydrogen (secondary N) is 1. The Morgan fingerprint density at radius 1 is 1.47 bits per heavy atom. The van der Waals surface area contributed by atoms with Crippen molar-refractivity contribution in [2.24, 2.45) is 0 Å². The molecule has 0 aliphatic rings. The van der Waals surface area contributed by atoms with Gasteiger partial charge < -0.3 is 15.8 Å². The average molecular weight is 277 g/mol. The highest BCUT2D eigenvalue weighted by Crippen LogP contribution is 2.28. The van der Waals surface area contributed by atoms with E-state index in [1.165, 1.54) is 0 Å². The third-order valence-corrected chi connectivity index (χ3v) is 3.64. The highest BCUT2D eigenvalue weighted by molar-refractivity contribution is 7.09. The molecule has 0 aliphatic carbocycles. The van der Waals surface area contributed by atoms with E-state index in [1.54, 1.807) is 11.3 Å². The van der Waals surface area contributed by atoms with E-state index >= 15 is 0 Å². The molecule has 2 rings (SSSR count). The van der Waals surface area contributed by atoms with Crippen LogP contribution in [-0.4, -0.2) is 11.6 Å². The SMILES string of the molecule is CCCOc1cc(NC(C)c2nccs2)ccc1N. The Kier molecular flexibility index (Phi) is 4.63. The van der Waals surface area contributed by atoms with Crippen molar-refractivity contribution in [1.82, 2.24) is 4.98 Å². The van der Waals surface area contributed by atoms with Crippen LogP contribution >= 0.6 is 11.3 Å². The van der Waals surface area contributed by atoms with Gasteiger partial charge in [-0.1, -0.05) is 6.92 Å². The third-order valence-electron chi connectivity index (χ3n) is 2.68. The number of nitrogens with zero attached hydrogens (tertiary/aromatic N) is 1. The molecule has 2 aromatic rings. The van der Waals surface area contributed by atoms with Crippen LogP contribution in [0.5, 0.6) is 5.75 Å². The highest BCUT2D eigenvalue weighted by atomic mass is 32.1. The summed E-state index contributed by atoms with van der Waals surface area (Å²) in [5, 5.41) is 6.44. The quantitative estimate of drug-likeness (QED) is 0.791. The molecule has 0 saturated carbocycles. The van der Waals surface area contributed by atoms with E-state index in [0.29, 0.717) is 12.3 Å². The van der Waals surface area contributed by atoms with Crippen molar-refractivity contribution in [2.45, 2.75) is 26.3 Å². The van der Waals surface area contributed by atoms with Crippen molar-refractivity contribution in [3.05, 3.63) is 34.8 Å². The molecule has 1 aromatic carbocycles. The fraction of sp³-hybridized carbons (Fsp3) is 0.357. The Morgan fingerprint density at radius 3 is 3.00 bits per heavy atom. The van der Waals surface area contributed by atoms with Crippen molar-refractivity contribution in [2.75, 3.05) is 17.7 Å². The number of benzene rings is 1. The molecule has 102 valence electrons. The smallest absolute Gasteiger partial charge is 0.144 e. The number of nitrogens with two attached hydrogens (primary N) is 1. The van der Waals surface area contributed by atoms with E-state index in [-0.39, 0.29) is 6.04 Å². The maximum atomic E-state index is 5.89. The first-order valence-electron chi connectivity index (χ1n) is 6.39. The van der Waals surface area contributed by atoms with Crippen molar-refractivity contribution < 1.29 is 4.74 Å². The van der Waals surface area contributed by atoms with E-state index in [0.717, 1.165) is 22.9 Å². The van der Waals surface area contributed by atoms with Gasteiger partial charge in [-0.3, -0.25) is 0 Å². The Hall–Kier alpha value is -1.75. The maximum absolute atomic E-state index is 5.89. The highest BCUT2D eigenvalue weighted by Gasteiger charge is 2.09. The Bertz CT molecular complexity index is 513. The molecule has 0 aliphatic heterocycles. The number of ether oxygens (including phenoxy) is 1. The van der Waals surface area contributed by atoms with E-state index in [4.69, 9.17) is 10.5 Å². The van der Waals surface area contributed by atoms with E-state index < -0.39 is 0 Å². The van der Waals surface area contributed by atoms with Crippen LogP contribution in [0.15, 0.2) is 29.8 Å². The lowest BCUT2D eigenvalue weighted by atomic mass is 10.2. The summed E-state index contributed by atoms with van der Waals surface area (Å²) in [7, 11) is 0. The van der Waals surface area contributed by atoms with Gasteiger partial charge >= 0.3 is 0 Å². The maximum Gasteiger partial charge on any atom is 0.144 e. The van der Waals surface area contributed by atoms with Gasteiger partial charge in [0.05, 0.1) is 18.3 Å². The van der Waals surface area contributed by atoms with Gasteiger partial charge in [-0.05, 0) is 25.5 Å². The van der Waals surface area contributed by atoms with Crippen LogP contribution in [0, 0.1) is 0 Å². The average Bonchev–Trinajstić information content (AvgIpc) is 2.93. The summed E-state index contributed by atoms with van der Waals surface area (Å²) in [5.74, 6) is 0.734. The summed E-state index contributed by atoms with van der Waals surface area (Å²) in [6, 6.07) is 5.93. The zero-order valence-electron chi connectivity index (χ0n) is 11.2. The molecule has 5 heteroatoms. The molecular formula is C14H19N3OS. The fourth-order valence-electron chi connectivity index (χ4n) is 1.72. The molecule has 0 fully saturated rings. The van der Waals surface area contributed by atoms with Crippen molar-refractivity contribution in [3.63, 3.8) is 0 Å². The second-order valence-corrected chi connectivity index (χ2v) is 5.26. The van der Waals surface area contributed by atoms with Crippen molar-refractivity contribution in [3.8, 4) is 5.75 Å². The van der Waals surface area contributed by atoms with Crippen LogP contribution in [0.4, 0.5) is 11.4 Å². The van der Waals surface area contributed by atoms with Gasteiger partial charge in [0.2, 0.25) is 0 Å². The summed E-state index contributed by atoms with van der Waals surface area (Å²) < 4.78 is 5.62. The fourth-order valence-corrected chi connectivity index (χ4v) is 2.37. The van der Waals surface area contributed by atoms with Crippen LogP contribution in [0.25, 0.3) is 0 Å². The van der Waals surface area contributed by atoms with Crippen molar-refractivity contribution >= 4 is 22.7 Å². The molecule has 3 N–H and O–H groups in total. The number of rotatable bonds is 6. The zero-order chi connectivity index (χ0) is 13.7. The number of nitrogen functional groups attached to an aromatic ring is 1. The topological polar surface area (TPSA) is 60.2 Å². The Labute approximate surface area is 117 Å². The molecule has 4 nitrogen and oxygen atoms in total. The van der Waals surface area contributed by atoms with Crippen molar-refractivity contribution in [1.29, 1.82) is 0 Å². The van der Waals surface area contributed by atoms with Crippen LogP contribution in [-0.2, 0) is 0 Å². The summed E-state index contributed by atoms with van der Waals surface area (Å²) in [5.41, 5.74) is 7.55. The lowest BCUT2D eigenvalue weighted by Gasteiger charge is -2.15. The second kappa shape index (κ2) is 6.43. The van der Waals surface area contributed by atoms with Gasteiger partial charge in [0, 0.05) is 23.3 Å². The second-order valence-electron chi connectivity index (χ2n) is 4.34. The van der Waals surface area contributed by atoms with Gasteiger partial charge in [-0.25, -0.2) is 4.98 Å². The molecule has 0 radical (unpaired) electrons. The monoisotopic (exact) mass is 277 g/mol. The molecular weight excluding hydrogens is 258 g/mol. The zero-order valence-corrected chi connectivity index (χ0v) is 12.0. The van der Waals surface area contributed by atoms with Gasteiger partial charge in [-0.15, -0.1) is 11.3 Å². The largest absolute Gasteiger partial charge is 0.491 e. The summed E-state index contributed by atoms with van der Waals surface area (Å²) >= 11 is 1.64. The molecule has 1 aromatic heterocycles. The number of hydrogen-bond donors (Lipinski definition) is 2. The number of anilines is 2. The molecule has 19 heavy (non-hydrogen) atoms. The number of hydrogen-bond acceptors (Lipinski definition) is 5. The predicted molar refractivity (Wildman–Crippen MR) is 80.8 cm³/mol. The molecule has 0 amide bonds. The molecule has 0 saturated heterocycles. The van der Waals surface area contributed by atoms with Crippen LogP contribution in [0.2, 0.25) is 0 Å². The van der Waals surface area contributed by atoms with E-state index in [2.05, 4.69) is 24.1 Å². The number of thiazole rings is 1. The van der Waals surface area contributed by atoms with E-state index in [9.17, 15) is 0 Å². The Morgan fingerprint density at radius 2 is 2.32 bits per heavy atom. The lowest BCUT2D eigenvalue weighted by molar-refractivity contribution is 0.319. The molecule has 1 heterocycles. The molecule has 1 atom stereocenters. The first-order chi connectivity index (χ1) is 9.20. The Balaban J connectivity index is 2.08. The molecule has 1 unspecified atom stereocenters. The first kappa shape index (κ1) is 13.7. The van der Waals surface area contributed by atoms with Gasteiger partial charge in [-0.2, -0.15) is 0 Å². The predicted octanol–water partition coefficient (Wildman–Crippen LogP) is 3.69. The summed E-state index contributed by atoms with van der Waals surface area (Å²) in [4.78, 5) is 4.30. The minimum atomic E-state index is 0.169. The lowest BCUT2D eigenvalue weighted by Crippen LogP contribution is -2.07. The third kappa shape index (κ3) is 3.61. The van der Waals surface area contributed by atoms with Crippen LogP contribution in [0.1, 0.15) is 31.3 Å². The molecule has 0 bridgehead atoms. The summed E-state index contributed by atoms with van der Waals surface area (Å²) in [6.45, 7) is 4.83. The van der Waals surface area contributed by atoms with Gasteiger partial charge in [0.1, 0.15) is 10.8 Å². The first-order valence-corrected chi connectivity index (χ1v) is 7.27. The van der Waals surface area contributed by atoms with E-state index in [1.807, 2.05) is 29.8 Å². The minimum Gasteiger partial charge on any atom is -0.491 e. The molecule has 0 spiro atoms.